The van der Waals surface area contributed by atoms with Crippen LogP contribution >= 0.6 is 11.6 Å². The third-order valence-corrected chi connectivity index (χ3v) is 4.96. The van der Waals surface area contributed by atoms with Crippen molar-refractivity contribution >= 4 is 33.1 Å². The molecule has 7 heteroatoms. The number of alkyl halides is 1. The number of ether oxygens (including phenoxy) is 1. The van der Waals surface area contributed by atoms with Crippen LogP contribution in [-0.2, 0) is 19.4 Å². The Kier molecular flexibility index (Phi) is 4.98. The molecule has 5 nitrogen and oxygen atoms in total. The summed E-state index contributed by atoms with van der Waals surface area (Å²) in [6, 6.07) is 5.78. The normalized spacial score (nSPS) is 13.0. The molecule has 1 rings (SSSR count). The summed E-state index contributed by atoms with van der Waals surface area (Å²) in [7, 11) is -3.63. The van der Waals surface area contributed by atoms with E-state index in [1.54, 1.807) is 0 Å². The van der Waals surface area contributed by atoms with Gasteiger partial charge >= 0.3 is 5.97 Å². The molecule has 0 aliphatic carbocycles. The van der Waals surface area contributed by atoms with Gasteiger partial charge in [0, 0.05) is 18.5 Å². The van der Waals surface area contributed by atoms with E-state index in [0.717, 1.165) is 0 Å². The zero-order chi connectivity index (χ0) is 13.8. The minimum atomic E-state index is -3.63. The SMILES string of the molecule is CC(=O)OCC(CCl)S(=O)(=O)c1ccc(N)cc1. The van der Waals surface area contributed by atoms with Crippen LogP contribution in [0.1, 0.15) is 6.92 Å². The van der Waals surface area contributed by atoms with Gasteiger partial charge in [-0.25, -0.2) is 8.42 Å². The molecule has 2 N–H and O–H groups in total. The zero-order valence-electron chi connectivity index (χ0n) is 9.80. The van der Waals surface area contributed by atoms with E-state index in [9.17, 15) is 13.2 Å². The lowest BCUT2D eigenvalue weighted by Gasteiger charge is -2.14. The Bertz CT molecular complexity index is 512. The molecule has 0 amide bonds. The van der Waals surface area contributed by atoms with Crippen molar-refractivity contribution in [2.24, 2.45) is 0 Å². The first-order valence-corrected chi connectivity index (χ1v) is 7.24. The van der Waals surface area contributed by atoms with Crippen molar-refractivity contribution in [2.75, 3.05) is 18.2 Å². The Balaban J connectivity index is 2.95. The highest BCUT2D eigenvalue weighted by molar-refractivity contribution is 7.92. The molecule has 0 heterocycles. The fourth-order valence-corrected chi connectivity index (χ4v) is 3.18. The van der Waals surface area contributed by atoms with E-state index in [0.29, 0.717) is 5.69 Å². The lowest BCUT2D eigenvalue weighted by atomic mass is 10.3. The number of benzene rings is 1. The Hall–Kier alpha value is -1.27. The first-order chi connectivity index (χ1) is 8.37. The first kappa shape index (κ1) is 14.8. The molecule has 1 atom stereocenters. The Labute approximate surface area is 111 Å². The molecule has 1 aromatic carbocycles. The van der Waals surface area contributed by atoms with Gasteiger partial charge in [0.15, 0.2) is 9.84 Å². The Morgan fingerprint density at radius 1 is 1.39 bits per heavy atom. The Morgan fingerprint density at radius 3 is 2.39 bits per heavy atom. The second-order valence-corrected chi connectivity index (χ2v) is 6.23. The van der Waals surface area contributed by atoms with Crippen molar-refractivity contribution in [3.8, 4) is 0 Å². The summed E-state index contributed by atoms with van der Waals surface area (Å²) in [5.74, 6) is -0.697. The summed E-state index contributed by atoms with van der Waals surface area (Å²) in [5.41, 5.74) is 5.96. The molecule has 0 aliphatic rings. The van der Waals surface area contributed by atoms with E-state index in [2.05, 4.69) is 0 Å². The third kappa shape index (κ3) is 3.61. The third-order valence-electron chi connectivity index (χ3n) is 2.29. The molecule has 100 valence electrons. The predicted octanol–water partition coefficient (Wildman–Crippen LogP) is 1.21. The van der Waals surface area contributed by atoms with Gasteiger partial charge in [-0.2, -0.15) is 0 Å². The van der Waals surface area contributed by atoms with E-state index >= 15 is 0 Å². The maximum atomic E-state index is 12.2. The number of esters is 1. The van der Waals surface area contributed by atoms with Crippen LogP contribution in [-0.4, -0.2) is 32.1 Å². The van der Waals surface area contributed by atoms with Crippen molar-refractivity contribution < 1.29 is 17.9 Å². The zero-order valence-corrected chi connectivity index (χ0v) is 11.4. The fourth-order valence-electron chi connectivity index (χ4n) is 1.28. The van der Waals surface area contributed by atoms with Crippen LogP contribution in [0.5, 0.6) is 0 Å². The number of sulfone groups is 1. The predicted molar refractivity (Wildman–Crippen MR) is 69.2 cm³/mol. The number of carbonyl (C=O) groups is 1. The van der Waals surface area contributed by atoms with Crippen LogP contribution in [0.3, 0.4) is 0 Å². The summed E-state index contributed by atoms with van der Waals surface area (Å²) >= 11 is 5.62. The second-order valence-electron chi connectivity index (χ2n) is 3.69. The van der Waals surface area contributed by atoms with Gasteiger partial charge < -0.3 is 10.5 Å². The van der Waals surface area contributed by atoms with E-state index in [1.165, 1.54) is 31.2 Å². The van der Waals surface area contributed by atoms with Crippen LogP contribution < -0.4 is 5.73 Å². The molecule has 0 fully saturated rings. The van der Waals surface area contributed by atoms with Gasteiger partial charge in [0.1, 0.15) is 11.9 Å². The van der Waals surface area contributed by atoms with Crippen molar-refractivity contribution in [1.29, 1.82) is 0 Å². The van der Waals surface area contributed by atoms with Gasteiger partial charge in [-0.05, 0) is 24.3 Å². The van der Waals surface area contributed by atoms with Gasteiger partial charge in [0.25, 0.3) is 0 Å². The number of hydrogen-bond acceptors (Lipinski definition) is 5. The molecule has 0 aliphatic heterocycles. The number of rotatable bonds is 5. The lowest BCUT2D eigenvalue weighted by Crippen LogP contribution is -2.29. The minimum Gasteiger partial charge on any atom is -0.464 e. The van der Waals surface area contributed by atoms with E-state index in [4.69, 9.17) is 22.1 Å². The lowest BCUT2D eigenvalue weighted by molar-refractivity contribution is -0.140. The molecular weight excluding hydrogens is 278 g/mol. The topological polar surface area (TPSA) is 86.5 Å². The monoisotopic (exact) mass is 291 g/mol. The molecule has 0 saturated heterocycles. The Morgan fingerprint density at radius 2 is 1.94 bits per heavy atom. The number of anilines is 1. The average Bonchev–Trinajstić information content (AvgIpc) is 2.29. The van der Waals surface area contributed by atoms with Crippen molar-refractivity contribution in [3.05, 3.63) is 24.3 Å². The highest BCUT2D eigenvalue weighted by Gasteiger charge is 2.27. The van der Waals surface area contributed by atoms with Gasteiger partial charge in [-0.1, -0.05) is 0 Å². The molecule has 0 radical (unpaired) electrons. The number of nitrogen functional groups attached to an aromatic ring is 1. The molecule has 0 aromatic heterocycles. The summed E-state index contributed by atoms with van der Waals surface area (Å²) in [6.07, 6.45) is 0. The van der Waals surface area contributed by atoms with E-state index in [1.807, 2.05) is 0 Å². The average molecular weight is 292 g/mol. The quantitative estimate of drug-likeness (QED) is 0.501. The highest BCUT2D eigenvalue weighted by Crippen LogP contribution is 2.19. The number of carbonyl (C=O) groups excluding carboxylic acids is 1. The van der Waals surface area contributed by atoms with Crippen LogP contribution in [0.15, 0.2) is 29.2 Å². The van der Waals surface area contributed by atoms with Crippen molar-refractivity contribution in [3.63, 3.8) is 0 Å². The molecule has 1 aromatic rings. The molecule has 1 unspecified atom stereocenters. The maximum absolute atomic E-state index is 12.2. The molecule has 18 heavy (non-hydrogen) atoms. The molecule has 0 spiro atoms. The van der Waals surface area contributed by atoms with E-state index in [-0.39, 0.29) is 17.4 Å². The second kappa shape index (κ2) is 6.06. The summed E-state index contributed by atoms with van der Waals surface area (Å²) in [5, 5.41) is -0.966. The van der Waals surface area contributed by atoms with Gasteiger partial charge in [-0.15, -0.1) is 11.6 Å². The van der Waals surface area contributed by atoms with Gasteiger partial charge in [-0.3, -0.25) is 4.79 Å². The fraction of sp³-hybridized carbons (Fsp3) is 0.364. The summed E-state index contributed by atoms with van der Waals surface area (Å²) < 4.78 is 29.0. The standard InChI is InChI=1S/C11H14ClNO4S/c1-8(14)17-7-11(6-12)18(15,16)10-4-2-9(13)3-5-10/h2-5,11H,6-7,13H2,1H3. The van der Waals surface area contributed by atoms with Gasteiger partial charge in [0.2, 0.25) is 0 Å². The smallest absolute Gasteiger partial charge is 0.302 e. The molecule has 0 saturated carbocycles. The number of nitrogens with two attached hydrogens (primary N) is 1. The van der Waals surface area contributed by atoms with E-state index < -0.39 is 21.1 Å². The molecule has 0 bridgehead atoms. The largest absolute Gasteiger partial charge is 0.464 e. The summed E-state index contributed by atoms with van der Waals surface area (Å²) in [6.45, 7) is 0.951. The highest BCUT2D eigenvalue weighted by atomic mass is 35.5. The van der Waals surface area contributed by atoms with Crippen LogP contribution in [0, 0.1) is 0 Å². The molecular formula is C11H14ClNO4S. The van der Waals surface area contributed by atoms with Crippen molar-refractivity contribution in [1.82, 2.24) is 0 Å². The minimum absolute atomic E-state index is 0.106. The number of hydrogen-bond donors (Lipinski definition) is 1. The van der Waals surface area contributed by atoms with Crippen LogP contribution in [0.25, 0.3) is 0 Å². The van der Waals surface area contributed by atoms with Gasteiger partial charge in [0.05, 0.1) is 4.90 Å². The van der Waals surface area contributed by atoms with Crippen LogP contribution in [0.2, 0.25) is 0 Å². The number of halogens is 1. The first-order valence-electron chi connectivity index (χ1n) is 5.16. The maximum Gasteiger partial charge on any atom is 0.302 e. The van der Waals surface area contributed by atoms with Crippen LogP contribution in [0.4, 0.5) is 5.69 Å². The van der Waals surface area contributed by atoms with Crippen molar-refractivity contribution in [2.45, 2.75) is 17.1 Å². The summed E-state index contributed by atoms with van der Waals surface area (Å²) in [4.78, 5) is 10.8.